The highest BCUT2D eigenvalue weighted by Gasteiger charge is 2.11. The normalized spacial score (nSPS) is 11.2. The van der Waals surface area contributed by atoms with E-state index < -0.39 is 0 Å². The molecule has 2 heterocycles. The Morgan fingerprint density at radius 3 is 2.74 bits per heavy atom. The van der Waals surface area contributed by atoms with Crippen LogP contribution in [0.25, 0.3) is 0 Å². The smallest absolute Gasteiger partial charge is 0.337 e. The fourth-order valence-electron chi connectivity index (χ4n) is 3.17. The van der Waals surface area contributed by atoms with Gasteiger partial charge in [-0.3, -0.25) is 4.98 Å². The average Bonchev–Trinajstić information content (AvgIpc) is 3.02. The Hall–Kier alpha value is -2.21. The third-order valence-corrected chi connectivity index (χ3v) is 4.56. The Labute approximate surface area is 162 Å². The molecular weight excluding hydrogens is 340 g/mol. The van der Waals surface area contributed by atoms with Crippen molar-refractivity contribution in [1.82, 2.24) is 19.9 Å². The molecule has 0 amide bonds. The first-order valence-corrected chi connectivity index (χ1v) is 9.74. The van der Waals surface area contributed by atoms with Gasteiger partial charge in [-0.15, -0.1) is 0 Å². The minimum atomic E-state index is -0.338. The first-order chi connectivity index (χ1) is 12.9. The second-order valence-electron chi connectivity index (χ2n) is 7.29. The predicted octanol–water partition coefficient (Wildman–Crippen LogP) is 3.66. The Kier molecular flexibility index (Phi) is 7.98. The van der Waals surface area contributed by atoms with E-state index in [4.69, 9.17) is 4.74 Å². The lowest BCUT2D eigenvalue weighted by Crippen LogP contribution is -2.19. The maximum absolute atomic E-state index is 11.8. The highest BCUT2D eigenvalue weighted by atomic mass is 16.5. The summed E-state index contributed by atoms with van der Waals surface area (Å²) in [6.45, 7) is 10.8. The van der Waals surface area contributed by atoms with Gasteiger partial charge in [0.1, 0.15) is 5.82 Å². The van der Waals surface area contributed by atoms with Gasteiger partial charge in [-0.05, 0) is 44.2 Å². The number of ether oxygens (including phenoxy) is 1. The van der Waals surface area contributed by atoms with Crippen molar-refractivity contribution in [2.24, 2.45) is 5.92 Å². The lowest BCUT2D eigenvalue weighted by molar-refractivity contribution is 0.0600. The van der Waals surface area contributed by atoms with E-state index in [0.29, 0.717) is 18.7 Å². The summed E-state index contributed by atoms with van der Waals surface area (Å²) in [7, 11) is 1.39. The summed E-state index contributed by atoms with van der Waals surface area (Å²) in [5, 5.41) is 3.41. The average molecular weight is 373 g/mol. The lowest BCUT2D eigenvalue weighted by atomic mass is 10.1. The topological polar surface area (TPSA) is 69.0 Å². The highest BCUT2D eigenvalue weighted by Crippen LogP contribution is 2.12. The van der Waals surface area contributed by atoms with Crippen LogP contribution < -0.4 is 5.32 Å². The number of carbonyl (C=O) groups excluding carboxylic acids is 1. The van der Waals surface area contributed by atoms with Crippen LogP contribution in [0.1, 0.15) is 66.9 Å². The number of hydrogen-bond acceptors (Lipinski definition) is 5. The molecule has 0 bridgehead atoms. The molecule has 0 aliphatic rings. The molecule has 1 N–H and O–H groups in total. The summed E-state index contributed by atoms with van der Waals surface area (Å²) in [5.41, 5.74) is 3.43. The van der Waals surface area contributed by atoms with Crippen molar-refractivity contribution < 1.29 is 9.53 Å². The molecule has 0 aliphatic heterocycles. The molecule has 0 saturated carbocycles. The molecule has 0 spiro atoms. The molecule has 0 aromatic carbocycles. The van der Waals surface area contributed by atoms with Crippen LogP contribution in [0.15, 0.2) is 18.3 Å². The van der Waals surface area contributed by atoms with Crippen LogP contribution in [0, 0.1) is 12.8 Å². The zero-order chi connectivity index (χ0) is 19.8. The van der Waals surface area contributed by atoms with Gasteiger partial charge in [-0.2, -0.15) is 0 Å². The second kappa shape index (κ2) is 10.2. The highest BCUT2D eigenvalue weighted by molar-refractivity contribution is 5.89. The number of aryl methyl sites for hydroxylation is 2. The molecule has 0 unspecified atom stereocenters. The molecule has 6 heteroatoms. The largest absolute Gasteiger partial charge is 0.465 e. The van der Waals surface area contributed by atoms with E-state index in [-0.39, 0.29) is 5.97 Å². The van der Waals surface area contributed by atoms with Crippen LogP contribution in [0.4, 0.5) is 0 Å². The number of hydrogen-bond donors (Lipinski definition) is 1. The lowest BCUT2D eigenvalue weighted by Gasteiger charge is -2.13. The van der Waals surface area contributed by atoms with Gasteiger partial charge in [-0.25, -0.2) is 9.78 Å². The summed E-state index contributed by atoms with van der Waals surface area (Å²) in [6.07, 6.45) is 5.34. The van der Waals surface area contributed by atoms with Gasteiger partial charge < -0.3 is 14.6 Å². The molecular formula is C21H32N4O2. The number of nitrogens with zero attached hydrogens (tertiary/aromatic N) is 3. The molecule has 148 valence electrons. The monoisotopic (exact) mass is 372 g/mol. The van der Waals surface area contributed by atoms with Gasteiger partial charge in [0, 0.05) is 30.7 Å². The van der Waals surface area contributed by atoms with Crippen LogP contribution in [-0.2, 0) is 30.8 Å². The first-order valence-electron chi connectivity index (χ1n) is 9.74. The van der Waals surface area contributed by atoms with Gasteiger partial charge >= 0.3 is 5.97 Å². The Morgan fingerprint density at radius 1 is 1.30 bits per heavy atom. The fourth-order valence-corrected chi connectivity index (χ4v) is 3.17. The molecule has 27 heavy (non-hydrogen) atoms. The Balaban J connectivity index is 2.00. The van der Waals surface area contributed by atoms with Crippen LogP contribution in [0.2, 0.25) is 0 Å². The third kappa shape index (κ3) is 6.17. The van der Waals surface area contributed by atoms with E-state index in [1.165, 1.54) is 19.2 Å². The molecule has 0 aliphatic carbocycles. The van der Waals surface area contributed by atoms with Gasteiger partial charge in [0.05, 0.1) is 24.9 Å². The minimum Gasteiger partial charge on any atom is -0.465 e. The summed E-state index contributed by atoms with van der Waals surface area (Å²) in [6, 6.07) is 3.52. The molecule has 2 aromatic rings. The zero-order valence-corrected chi connectivity index (χ0v) is 17.2. The number of nitrogens with one attached hydrogen (secondary N) is 1. The van der Waals surface area contributed by atoms with Crippen molar-refractivity contribution in [2.45, 2.75) is 66.6 Å². The first kappa shape index (κ1) is 21.1. The van der Waals surface area contributed by atoms with Crippen molar-refractivity contribution >= 4 is 5.97 Å². The number of aromatic nitrogens is 3. The summed E-state index contributed by atoms with van der Waals surface area (Å²) >= 11 is 0. The van der Waals surface area contributed by atoms with E-state index in [1.54, 1.807) is 12.1 Å². The Bertz CT molecular complexity index is 753. The number of methoxy groups -OCH3 is 1. The summed E-state index contributed by atoms with van der Waals surface area (Å²) < 4.78 is 7.14. The van der Waals surface area contributed by atoms with Crippen LogP contribution in [0.3, 0.4) is 0 Å². The number of imidazole rings is 1. The molecule has 0 saturated heterocycles. The SMILES string of the molecule is CCc1cnc(CNCc2cc(C(=O)OC)cc(C)n2)n1CCCC(C)C. The molecule has 2 rings (SSSR count). The predicted molar refractivity (Wildman–Crippen MR) is 107 cm³/mol. The maximum Gasteiger partial charge on any atom is 0.337 e. The number of esters is 1. The zero-order valence-electron chi connectivity index (χ0n) is 17.2. The van der Waals surface area contributed by atoms with Crippen molar-refractivity contribution in [3.63, 3.8) is 0 Å². The molecule has 2 aromatic heterocycles. The van der Waals surface area contributed by atoms with Crippen molar-refractivity contribution in [3.05, 3.63) is 46.8 Å². The van der Waals surface area contributed by atoms with Crippen LogP contribution in [-0.4, -0.2) is 27.6 Å². The van der Waals surface area contributed by atoms with Crippen LogP contribution in [0.5, 0.6) is 0 Å². The summed E-state index contributed by atoms with van der Waals surface area (Å²) in [5.74, 6) is 1.43. The van der Waals surface area contributed by atoms with Gasteiger partial charge in [0.15, 0.2) is 0 Å². The number of carbonyl (C=O) groups is 1. The van der Waals surface area contributed by atoms with Gasteiger partial charge in [0.2, 0.25) is 0 Å². The van der Waals surface area contributed by atoms with Crippen molar-refractivity contribution in [3.8, 4) is 0 Å². The molecule has 6 nitrogen and oxygen atoms in total. The van der Waals surface area contributed by atoms with Crippen molar-refractivity contribution in [2.75, 3.05) is 7.11 Å². The summed E-state index contributed by atoms with van der Waals surface area (Å²) in [4.78, 5) is 20.9. The standard InChI is InChI=1S/C21H32N4O2/c1-6-19-13-23-20(25(19)9-7-8-15(2)3)14-22-12-18-11-17(21(26)27-5)10-16(4)24-18/h10-11,13,15,22H,6-9,12,14H2,1-5H3. The number of rotatable bonds is 10. The fraction of sp³-hybridized carbons (Fsp3) is 0.571. The molecule has 0 atom stereocenters. The van der Waals surface area contributed by atoms with E-state index in [0.717, 1.165) is 42.5 Å². The van der Waals surface area contributed by atoms with Gasteiger partial charge in [-0.1, -0.05) is 20.8 Å². The van der Waals surface area contributed by atoms with E-state index in [1.807, 2.05) is 13.1 Å². The maximum atomic E-state index is 11.8. The minimum absolute atomic E-state index is 0.338. The molecule has 0 radical (unpaired) electrons. The Morgan fingerprint density at radius 2 is 2.07 bits per heavy atom. The van der Waals surface area contributed by atoms with Gasteiger partial charge in [0.25, 0.3) is 0 Å². The van der Waals surface area contributed by atoms with E-state index in [9.17, 15) is 4.79 Å². The third-order valence-electron chi connectivity index (χ3n) is 4.56. The van der Waals surface area contributed by atoms with Crippen LogP contribution >= 0.6 is 0 Å². The molecule has 0 fully saturated rings. The quantitative estimate of drug-likeness (QED) is 0.645. The van der Waals surface area contributed by atoms with Crippen molar-refractivity contribution in [1.29, 1.82) is 0 Å². The van der Waals surface area contributed by atoms with E-state index in [2.05, 4.69) is 40.6 Å². The van der Waals surface area contributed by atoms with E-state index >= 15 is 0 Å². The second-order valence-corrected chi connectivity index (χ2v) is 7.29. The number of pyridine rings is 1.